The van der Waals surface area contributed by atoms with E-state index in [1.807, 2.05) is 12.1 Å². The lowest BCUT2D eigenvalue weighted by molar-refractivity contribution is 0.457. The van der Waals surface area contributed by atoms with E-state index in [0.717, 1.165) is 10.2 Å². The van der Waals surface area contributed by atoms with Gasteiger partial charge in [0.05, 0.1) is 4.47 Å². The van der Waals surface area contributed by atoms with E-state index in [1.165, 1.54) is 17.5 Å². The van der Waals surface area contributed by atoms with Crippen LogP contribution in [0.25, 0.3) is 0 Å². The number of rotatable bonds is 3. The predicted molar refractivity (Wildman–Crippen MR) is 75.1 cm³/mol. The standard InChI is InChI=1S/C14H15BrN2O/c1-9(2)12-5-4-11(6-10(12)3)18-14-13(15)7-16-8-17-14/h4-9H,1-3H3. The van der Waals surface area contributed by atoms with E-state index < -0.39 is 0 Å². The Bertz CT molecular complexity index is 555. The van der Waals surface area contributed by atoms with Crippen LogP contribution < -0.4 is 4.74 Å². The van der Waals surface area contributed by atoms with E-state index in [-0.39, 0.29) is 0 Å². The lowest BCUT2D eigenvalue weighted by Gasteiger charge is -2.12. The molecule has 1 aromatic heterocycles. The first kappa shape index (κ1) is 13.0. The van der Waals surface area contributed by atoms with Gasteiger partial charge in [-0.25, -0.2) is 9.97 Å². The van der Waals surface area contributed by atoms with Crippen LogP contribution in [-0.4, -0.2) is 9.97 Å². The van der Waals surface area contributed by atoms with Crippen LogP contribution in [0.5, 0.6) is 11.6 Å². The predicted octanol–water partition coefficient (Wildman–Crippen LogP) is 4.46. The molecule has 0 atom stereocenters. The first-order valence-corrected chi connectivity index (χ1v) is 6.61. The Balaban J connectivity index is 2.26. The van der Waals surface area contributed by atoms with Crippen molar-refractivity contribution in [2.45, 2.75) is 26.7 Å². The zero-order chi connectivity index (χ0) is 13.1. The summed E-state index contributed by atoms with van der Waals surface area (Å²) in [6.45, 7) is 6.46. The van der Waals surface area contributed by atoms with Crippen LogP contribution in [0.4, 0.5) is 0 Å². The number of nitrogens with zero attached hydrogens (tertiary/aromatic N) is 2. The van der Waals surface area contributed by atoms with Crippen molar-refractivity contribution in [1.82, 2.24) is 9.97 Å². The summed E-state index contributed by atoms with van der Waals surface area (Å²) in [5.41, 5.74) is 2.57. The van der Waals surface area contributed by atoms with Crippen LogP contribution in [0.2, 0.25) is 0 Å². The third-order valence-electron chi connectivity index (χ3n) is 2.71. The van der Waals surface area contributed by atoms with E-state index in [1.54, 1.807) is 6.20 Å². The Hall–Kier alpha value is -1.42. The topological polar surface area (TPSA) is 35.0 Å². The monoisotopic (exact) mass is 306 g/mol. The molecule has 0 saturated heterocycles. The fraction of sp³-hybridized carbons (Fsp3) is 0.286. The molecule has 0 saturated carbocycles. The molecular weight excluding hydrogens is 292 g/mol. The van der Waals surface area contributed by atoms with Crippen LogP contribution in [0.15, 0.2) is 35.2 Å². The van der Waals surface area contributed by atoms with Crippen molar-refractivity contribution in [1.29, 1.82) is 0 Å². The van der Waals surface area contributed by atoms with Crippen LogP contribution >= 0.6 is 15.9 Å². The second-order valence-electron chi connectivity index (χ2n) is 4.45. The van der Waals surface area contributed by atoms with Crippen molar-refractivity contribution in [2.75, 3.05) is 0 Å². The minimum Gasteiger partial charge on any atom is -0.438 e. The molecule has 0 spiro atoms. The maximum Gasteiger partial charge on any atom is 0.236 e. The van der Waals surface area contributed by atoms with Crippen molar-refractivity contribution in [2.24, 2.45) is 0 Å². The van der Waals surface area contributed by atoms with Crippen LogP contribution in [0, 0.1) is 6.92 Å². The van der Waals surface area contributed by atoms with Gasteiger partial charge in [-0.05, 0) is 52.0 Å². The van der Waals surface area contributed by atoms with Gasteiger partial charge in [0, 0.05) is 6.20 Å². The molecule has 1 heterocycles. The van der Waals surface area contributed by atoms with Crippen LogP contribution in [-0.2, 0) is 0 Å². The highest BCUT2D eigenvalue weighted by atomic mass is 79.9. The van der Waals surface area contributed by atoms with Crippen LogP contribution in [0.1, 0.15) is 30.9 Å². The summed E-state index contributed by atoms with van der Waals surface area (Å²) in [7, 11) is 0. The van der Waals surface area contributed by atoms with Crippen molar-refractivity contribution in [3.63, 3.8) is 0 Å². The van der Waals surface area contributed by atoms with E-state index in [0.29, 0.717) is 11.8 Å². The Morgan fingerprint density at radius 2 is 2.06 bits per heavy atom. The SMILES string of the molecule is Cc1cc(Oc2ncncc2Br)ccc1C(C)C. The molecule has 1 aromatic carbocycles. The van der Waals surface area contributed by atoms with Gasteiger partial charge in [-0.15, -0.1) is 0 Å². The number of aryl methyl sites for hydroxylation is 1. The van der Waals surface area contributed by atoms with E-state index in [4.69, 9.17) is 4.74 Å². The molecule has 94 valence electrons. The summed E-state index contributed by atoms with van der Waals surface area (Å²) in [6, 6.07) is 6.10. The first-order valence-electron chi connectivity index (χ1n) is 5.82. The summed E-state index contributed by atoms with van der Waals surface area (Å²) < 4.78 is 6.47. The van der Waals surface area contributed by atoms with Crippen LogP contribution in [0.3, 0.4) is 0 Å². The van der Waals surface area contributed by atoms with Gasteiger partial charge in [0.25, 0.3) is 0 Å². The minimum absolute atomic E-state index is 0.518. The molecular formula is C14H15BrN2O. The number of ether oxygens (including phenoxy) is 1. The van der Waals surface area contributed by atoms with Gasteiger partial charge < -0.3 is 4.74 Å². The third kappa shape index (κ3) is 2.88. The molecule has 0 unspecified atom stereocenters. The summed E-state index contributed by atoms with van der Waals surface area (Å²) in [6.07, 6.45) is 3.13. The van der Waals surface area contributed by atoms with Gasteiger partial charge in [0.15, 0.2) is 0 Å². The Kier molecular flexibility index (Phi) is 3.97. The number of benzene rings is 1. The van der Waals surface area contributed by atoms with E-state index in [2.05, 4.69) is 52.7 Å². The Morgan fingerprint density at radius 1 is 1.28 bits per heavy atom. The zero-order valence-electron chi connectivity index (χ0n) is 10.6. The largest absolute Gasteiger partial charge is 0.438 e. The second kappa shape index (κ2) is 5.48. The quantitative estimate of drug-likeness (QED) is 0.839. The fourth-order valence-corrected chi connectivity index (χ4v) is 2.15. The Labute approximate surface area is 115 Å². The molecule has 18 heavy (non-hydrogen) atoms. The smallest absolute Gasteiger partial charge is 0.236 e. The van der Waals surface area contributed by atoms with Gasteiger partial charge >= 0.3 is 0 Å². The number of halogens is 1. The molecule has 0 bridgehead atoms. The molecule has 3 nitrogen and oxygen atoms in total. The third-order valence-corrected chi connectivity index (χ3v) is 3.26. The highest BCUT2D eigenvalue weighted by Gasteiger charge is 2.07. The summed E-state index contributed by atoms with van der Waals surface area (Å²) in [5, 5.41) is 0. The van der Waals surface area contributed by atoms with Crippen molar-refractivity contribution >= 4 is 15.9 Å². The number of aromatic nitrogens is 2. The maximum absolute atomic E-state index is 5.73. The molecule has 0 fully saturated rings. The first-order chi connectivity index (χ1) is 8.58. The highest BCUT2D eigenvalue weighted by Crippen LogP contribution is 2.29. The van der Waals surface area contributed by atoms with Crippen molar-refractivity contribution in [3.8, 4) is 11.6 Å². The van der Waals surface area contributed by atoms with Gasteiger partial charge in [-0.2, -0.15) is 0 Å². The summed E-state index contributed by atoms with van der Waals surface area (Å²) >= 11 is 3.36. The molecule has 2 aromatic rings. The van der Waals surface area contributed by atoms with Crippen molar-refractivity contribution < 1.29 is 4.74 Å². The summed E-state index contributed by atoms with van der Waals surface area (Å²) in [5.74, 6) is 1.84. The van der Waals surface area contributed by atoms with E-state index >= 15 is 0 Å². The van der Waals surface area contributed by atoms with Gasteiger partial charge in [-0.3, -0.25) is 0 Å². The maximum atomic E-state index is 5.73. The molecule has 0 aliphatic rings. The second-order valence-corrected chi connectivity index (χ2v) is 5.31. The number of hydrogen-bond acceptors (Lipinski definition) is 3. The van der Waals surface area contributed by atoms with E-state index in [9.17, 15) is 0 Å². The lowest BCUT2D eigenvalue weighted by atomic mass is 9.98. The fourth-order valence-electron chi connectivity index (χ4n) is 1.85. The Morgan fingerprint density at radius 3 is 2.67 bits per heavy atom. The average Bonchev–Trinajstić information content (AvgIpc) is 2.32. The van der Waals surface area contributed by atoms with Gasteiger partial charge in [-0.1, -0.05) is 19.9 Å². The number of hydrogen-bond donors (Lipinski definition) is 0. The lowest BCUT2D eigenvalue weighted by Crippen LogP contribution is -1.94. The molecule has 0 aliphatic carbocycles. The minimum atomic E-state index is 0.518. The molecule has 4 heteroatoms. The van der Waals surface area contributed by atoms with Gasteiger partial charge in [0.1, 0.15) is 12.1 Å². The molecule has 0 radical (unpaired) electrons. The average molecular weight is 307 g/mol. The molecule has 0 aliphatic heterocycles. The summed E-state index contributed by atoms with van der Waals surface area (Å²) in [4.78, 5) is 7.98. The molecule has 0 N–H and O–H groups in total. The molecule has 2 rings (SSSR count). The van der Waals surface area contributed by atoms with Gasteiger partial charge in [0.2, 0.25) is 5.88 Å². The van der Waals surface area contributed by atoms with Crippen molar-refractivity contribution in [3.05, 3.63) is 46.3 Å². The normalized spacial score (nSPS) is 10.7. The highest BCUT2D eigenvalue weighted by molar-refractivity contribution is 9.10. The zero-order valence-corrected chi connectivity index (χ0v) is 12.2. The molecule has 0 amide bonds.